The van der Waals surface area contributed by atoms with Gasteiger partial charge in [-0.05, 0) is 19.8 Å². The molecule has 0 bridgehead atoms. The first-order valence-corrected chi connectivity index (χ1v) is 5.25. The normalized spacial score (nSPS) is 13.4. The first-order valence-electron chi connectivity index (χ1n) is 5.25. The van der Waals surface area contributed by atoms with Crippen LogP contribution in [0.5, 0.6) is 0 Å². The lowest BCUT2D eigenvalue weighted by Crippen LogP contribution is -2.45. The molecular formula is C12H20N2O. The highest BCUT2D eigenvalue weighted by atomic mass is 16.2. The number of rotatable bonds is 6. The predicted molar refractivity (Wildman–Crippen MR) is 63.5 cm³/mol. The van der Waals surface area contributed by atoms with Gasteiger partial charge in [0.05, 0.1) is 0 Å². The van der Waals surface area contributed by atoms with Crippen molar-refractivity contribution in [3.8, 4) is 12.3 Å². The van der Waals surface area contributed by atoms with Gasteiger partial charge in [-0.1, -0.05) is 13.0 Å². The minimum atomic E-state index is -0.161. The molecule has 2 atom stereocenters. The largest absolute Gasteiger partial charge is 0.335 e. The summed E-state index contributed by atoms with van der Waals surface area (Å²) >= 11 is 0. The smallest absolute Gasteiger partial charge is 0.315 e. The Hall–Kier alpha value is -1.43. The number of nitrogens with one attached hydrogen (secondary N) is 2. The molecule has 0 fully saturated rings. The molecule has 0 saturated carbocycles. The van der Waals surface area contributed by atoms with E-state index in [0.717, 1.165) is 12.8 Å². The van der Waals surface area contributed by atoms with Crippen LogP contribution in [0.2, 0.25) is 0 Å². The maximum atomic E-state index is 11.4. The van der Waals surface area contributed by atoms with Crippen LogP contribution in [0.3, 0.4) is 0 Å². The Bertz CT molecular complexity index is 242. The van der Waals surface area contributed by atoms with Gasteiger partial charge in [0.25, 0.3) is 0 Å². The van der Waals surface area contributed by atoms with E-state index in [-0.39, 0.29) is 18.1 Å². The third kappa shape index (κ3) is 6.62. The van der Waals surface area contributed by atoms with Crippen LogP contribution in [-0.2, 0) is 0 Å². The molecule has 0 saturated heterocycles. The molecule has 0 radical (unpaired) electrons. The Morgan fingerprint density at radius 1 is 1.60 bits per heavy atom. The molecule has 2 N–H and O–H groups in total. The second kappa shape index (κ2) is 7.93. The zero-order valence-corrected chi connectivity index (χ0v) is 9.55. The van der Waals surface area contributed by atoms with Crippen molar-refractivity contribution in [2.45, 2.75) is 45.2 Å². The van der Waals surface area contributed by atoms with E-state index in [1.807, 2.05) is 13.8 Å². The molecule has 0 aliphatic rings. The van der Waals surface area contributed by atoms with Crippen molar-refractivity contribution in [2.24, 2.45) is 0 Å². The molecule has 0 heterocycles. The molecule has 0 spiro atoms. The van der Waals surface area contributed by atoms with Crippen molar-refractivity contribution in [2.75, 3.05) is 0 Å². The van der Waals surface area contributed by atoms with Crippen molar-refractivity contribution in [3.05, 3.63) is 12.7 Å². The number of hydrogen-bond donors (Lipinski definition) is 2. The molecule has 0 aromatic carbocycles. The number of amides is 2. The fourth-order valence-electron chi connectivity index (χ4n) is 1.21. The summed E-state index contributed by atoms with van der Waals surface area (Å²) in [6.07, 6.45) is 9.17. The van der Waals surface area contributed by atoms with Gasteiger partial charge < -0.3 is 10.6 Å². The number of carbonyl (C=O) groups excluding carboxylic acids is 1. The van der Waals surface area contributed by atoms with Gasteiger partial charge in [0.1, 0.15) is 0 Å². The molecule has 2 unspecified atom stereocenters. The zero-order valence-electron chi connectivity index (χ0n) is 9.55. The molecule has 0 rings (SSSR count). The number of urea groups is 1. The monoisotopic (exact) mass is 208 g/mol. The zero-order chi connectivity index (χ0) is 11.7. The van der Waals surface area contributed by atoms with Crippen LogP contribution in [0.15, 0.2) is 12.7 Å². The number of carbonyl (C=O) groups is 1. The standard InChI is InChI=1S/C12H20N2O/c1-5-8-10(4)13-12(15)14-11(7-3)9-6-2/h1,6,10-11H,2,7-9H2,3-4H3,(H2,13,14,15). The van der Waals surface area contributed by atoms with Crippen LogP contribution in [0.4, 0.5) is 4.79 Å². The Balaban J connectivity index is 3.90. The van der Waals surface area contributed by atoms with Gasteiger partial charge in [0.15, 0.2) is 0 Å². The maximum absolute atomic E-state index is 11.4. The SMILES string of the molecule is C#CCC(C)NC(=O)NC(CC)CC=C. The molecule has 3 nitrogen and oxygen atoms in total. The Kier molecular flexibility index (Phi) is 7.17. The first-order chi connectivity index (χ1) is 7.13. The first kappa shape index (κ1) is 13.6. The lowest BCUT2D eigenvalue weighted by molar-refractivity contribution is 0.233. The molecule has 84 valence electrons. The van der Waals surface area contributed by atoms with E-state index in [0.29, 0.717) is 6.42 Å². The summed E-state index contributed by atoms with van der Waals surface area (Å²) in [4.78, 5) is 11.4. The van der Waals surface area contributed by atoms with Crippen LogP contribution >= 0.6 is 0 Å². The summed E-state index contributed by atoms with van der Waals surface area (Å²) in [5, 5.41) is 5.64. The van der Waals surface area contributed by atoms with Crippen LogP contribution in [-0.4, -0.2) is 18.1 Å². The molecule has 3 heteroatoms. The quantitative estimate of drug-likeness (QED) is 0.509. The topological polar surface area (TPSA) is 41.1 Å². The molecule has 15 heavy (non-hydrogen) atoms. The highest BCUT2D eigenvalue weighted by Gasteiger charge is 2.10. The fraction of sp³-hybridized carbons (Fsp3) is 0.583. The van der Waals surface area contributed by atoms with Crippen molar-refractivity contribution >= 4 is 6.03 Å². The van der Waals surface area contributed by atoms with E-state index in [1.54, 1.807) is 6.08 Å². The van der Waals surface area contributed by atoms with Gasteiger partial charge in [-0.25, -0.2) is 4.79 Å². The maximum Gasteiger partial charge on any atom is 0.315 e. The van der Waals surface area contributed by atoms with E-state index >= 15 is 0 Å². The van der Waals surface area contributed by atoms with E-state index in [1.165, 1.54) is 0 Å². The lowest BCUT2D eigenvalue weighted by Gasteiger charge is -2.17. The van der Waals surface area contributed by atoms with Gasteiger partial charge in [-0.15, -0.1) is 18.9 Å². The molecule has 0 aliphatic carbocycles. The van der Waals surface area contributed by atoms with E-state index < -0.39 is 0 Å². The van der Waals surface area contributed by atoms with E-state index in [2.05, 4.69) is 23.1 Å². The van der Waals surface area contributed by atoms with Crippen LogP contribution in [0, 0.1) is 12.3 Å². The fourth-order valence-corrected chi connectivity index (χ4v) is 1.21. The van der Waals surface area contributed by atoms with Crippen molar-refractivity contribution in [1.82, 2.24) is 10.6 Å². The summed E-state index contributed by atoms with van der Waals surface area (Å²) in [6.45, 7) is 7.56. The predicted octanol–water partition coefficient (Wildman–Crippen LogP) is 2.05. The minimum Gasteiger partial charge on any atom is -0.335 e. The number of hydrogen-bond acceptors (Lipinski definition) is 1. The number of terminal acetylenes is 1. The van der Waals surface area contributed by atoms with E-state index in [9.17, 15) is 4.79 Å². The minimum absolute atomic E-state index is 0.0104. The average Bonchev–Trinajstić information content (AvgIpc) is 2.17. The summed E-state index contributed by atoms with van der Waals surface area (Å²) in [5.74, 6) is 2.51. The van der Waals surface area contributed by atoms with Gasteiger partial charge in [0.2, 0.25) is 0 Å². The Labute approximate surface area is 92.3 Å². The van der Waals surface area contributed by atoms with Gasteiger partial charge in [0, 0.05) is 18.5 Å². The van der Waals surface area contributed by atoms with Crippen LogP contribution < -0.4 is 10.6 Å². The van der Waals surface area contributed by atoms with Gasteiger partial charge in [-0.2, -0.15) is 0 Å². The lowest BCUT2D eigenvalue weighted by atomic mass is 10.1. The summed E-state index contributed by atoms with van der Waals surface area (Å²) in [6, 6.07) is 0.00298. The van der Waals surface area contributed by atoms with Crippen LogP contribution in [0.1, 0.15) is 33.1 Å². The average molecular weight is 208 g/mol. The summed E-state index contributed by atoms with van der Waals surface area (Å²) < 4.78 is 0. The molecule has 0 aromatic heterocycles. The second-order valence-electron chi connectivity index (χ2n) is 3.56. The van der Waals surface area contributed by atoms with Crippen molar-refractivity contribution < 1.29 is 4.79 Å². The van der Waals surface area contributed by atoms with Gasteiger partial charge >= 0.3 is 6.03 Å². The summed E-state index contributed by atoms with van der Waals surface area (Å²) in [7, 11) is 0. The second-order valence-corrected chi connectivity index (χ2v) is 3.56. The van der Waals surface area contributed by atoms with Crippen molar-refractivity contribution in [1.29, 1.82) is 0 Å². The highest BCUT2D eigenvalue weighted by molar-refractivity contribution is 5.74. The Morgan fingerprint density at radius 3 is 2.73 bits per heavy atom. The molecular weight excluding hydrogens is 188 g/mol. The summed E-state index contributed by atoms with van der Waals surface area (Å²) in [5.41, 5.74) is 0. The van der Waals surface area contributed by atoms with E-state index in [4.69, 9.17) is 6.42 Å². The molecule has 0 aromatic rings. The third-order valence-corrected chi connectivity index (χ3v) is 2.08. The molecule has 2 amide bonds. The van der Waals surface area contributed by atoms with Crippen molar-refractivity contribution in [3.63, 3.8) is 0 Å². The van der Waals surface area contributed by atoms with Gasteiger partial charge in [-0.3, -0.25) is 0 Å². The third-order valence-electron chi connectivity index (χ3n) is 2.08. The molecule has 0 aliphatic heterocycles. The Morgan fingerprint density at radius 2 is 2.27 bits per heavy atom. The van der Waals surface area contributed by atoms with Crippen LogP contribution in [0.25, 0.3) is 0 Å². The highest BCUT2D eigenvalue weighted by Crippen LogP contribution is 1.98.